The zero-order valence-electron chi connectivity index (χ0n) is 11.6. The van der Waals surface area contributed by atoms with Gasteiger partial charge in [-0.2, -0.15) is 0 Å². The smallest absolute Gasteiger partial charge is 0.349 e. The Morgan fingerprint density at radius 1 is 1.30 bits per heavy atom. The SMILES string of the molecule is COC(=O)c1sccc1S(=O)(=O)Nc1ccc(F)c(C(=O)O)c1. The van der Waals surface area contributed by atoms with Crippen LogP contribution in [0, 0.1) is 5.82 Å². The lowest BCUT2D eigenvalue weighted by Gasteiger charge is -2.09. The van der Waals surface area contributed by atoms with Crippen molar-refractivity contribution in [3.63, 3.8) is 0 Å². The molecular weight excluding hydrogens is 349 g/mol. The summed E-state index contributed by atoms with van der Waals surface area (Å²) in [6, 6.07) is 3.96. The van der Waals surface area contributed by atoms with Crippen molar-refractivity contribution in [2.45, 2.75) is 4.90 Å². The fraction of sp³-hybridized carbons (Fsp3) is 0.0769. The van der Waals surface area contributed by atoms with E-state index in [0.29, 0.717) is 0 Å². The van der Waals surface area contributed by atoms with Crippen LogP contribution in [0.5, 0.6) is 0 Å². The lowest BCUT2D eigenvalue weighted by molar-refractivity contribution is 0.0601. The third kappa shape index (κ3) is 3.48. The summed E-state index contributed by atoms with van der Waals surface area (Å²) in [7, 11) is -3.05. The van der Waals surface area contributed by atoms with Crippen LogP contribution in [0.1, 0.15) is 20.0 Å². The molecule has 0 aliphatic heterocycles. The molecule has 1 aromatic heterocycles. The molecule has 7 nitrogen and oxygen atoms in total. The highest BCUT2D eigenvalue weighted by Gasteiger charge is 2.25. The second kappa shape index (κ2) is 6.34. The maximum Gasteiger partial charge on any atom is 0.349 e. The van der Waals surface area contributed by atoms with Crippen LogP contribution in [0.2, 0.25) is 0 Å². The number of hydrogen-bond acceptors (Lipinski definition) is 6. The maximum atomic E-state index is 13.3. The van der Waals surface area contributed by atoms with Gasteiger partial charge < -0.3 is 9.84 Å². The van der Waals surface area contributed by atoms with Crippen LogP contribution < -0.4 is 4.72 Å². The van der Waals surface area contributed by atoms with Crippen molar-refractivity contribution in [3.8, 4) is 0 Å². The van der Waals surface area contributed by atoms with Crippen molar-refractivity contribution in [3.05, 3.63) is 45.9 Å². The van der Waals surface area contributed by atoms with Crippen LogP contribution in [-0.2, 0) is 14.8 Å². The Kier molecular flexibility index (Phi) is 4.66. The zero-order valence-corrected chi connectivity index (χ0v) is 13.2. The highest BCUT2D eigenvalue weighted by Crippen LogP contribution is 2.25. The van der Waals surface area contributed by atoms with Crippen LogP contribution >= 0.6 is 11.3 Å². The molecule has 2 rings (SSSR count). The standard InChI is InChI=1S/C13H10FNO6S2/c1-21-13(18)11-10(4-5-22-11)23(19,20)15-7-2-3-9(14)8(6-7)12(16)17/h2-6,15H,1H3,(H,16,17). The number of carboxylic acids is 1. The number of anilines is 1. The molecule has 0 saturated carbocycles. The molecule has 10 heteroatoms. The van der Waals surface area contributed by atoms with E-state index in [1.165, 1.54) is 11.4 Å². The molecule has 1 aromatic carbocycles. The molecule has 0 saturated heterocycles. The normalized spacial score (nSPS) is 11.0. The fourth-order valence-corrected chi connectivity index (χ4v) is 4.10. The van der Waals surface area contributed by atoms with Gasteiger partial charge in [0.05, 0.1) is 12.7 Å². The quantitative estimate of drug-likeness (QED) is 0.792. The van der Waals surface area contributed by atoms with E-state index < -0.39 is 33.3 Å². The summed E-state index contributed by atoms with van der Waals surface area (Å²) in [4.78, 5) is 22.0. The summed E-state index contributed by atoms with van der Waals surface area (Å²) in [5.41, 5.74) is -0.825. The summed E-state index contributed by atoms with van der Waals surface area (Å²) in [5, 5.41) is 10.2. The number of ether oxygens (including phenoxy) is 1. The van der Waals surface area contributed by atoms with E-state index in [4.69, 9.17) is 5.11 Å². The van der Waals surface area contributed by atoms with E-state index in [0.717, 1.165) is 36.6 Å². The number of carbonyl (C=O) groups excluding carboxylic acids is 1. The average Bonchev–Trinajstić information content (AvgIpc) is 2.98. The van der Waals surface area contributed by atoms with Gasteiger partial charge in [0.15, 0.2) is 0 Å². The second-order valence-electron chi connectivity index (χ2n) is 4.21. The molecule has 0 atom stereocenters. The first kappa shape index (κ1) is 16.9. The molecule has 0 unspecified atom stereocenters. The van der Waals surface area contributed by atoms with Crippen LogP contribution in [-0.4, -0.2) is 32.6 Å². The van der Waals surface area contributed by atoms with Gasteiger partial charge in [0.2, 0.25) is 0 Å². The minimum atomic E-state index is -4.17. The Balaban J connectivity index is 2.40. The predicted octanol–water partition coefficient (Wildman–Crippen LogP) is 2.17. The summed E-state index contributed by atoms with van der Waals surface area (Å²) >= 11 is 0.882. The number of hydrogen-bond donors (Lipinski definition) is 2. The number of rotatable bonds is 5. The number of thiophene rings is 1. The highest BCUT2D eigenvalue weighted by molar-refractivity contribution is 7.93. The lowest BCUT2D eigenvalue weighted by atomic mass is 10.2. The molecule has 0 aliphatic rings. The Morgan fingerprint density at radius 2 is 2.00 bits per heavy atom. The first-order valence-electron chi connectivity index (χ1n) is 5.97. The molecule has 0 radical (unpaired) electrons. The topological polar surface area (TPSA) is 110 Å². The monoisotopic (exact) mass is 359 g/mol. The van der Waals surface area contributed by atoms with Gasteiger partial charge in [-0.3, -0.25) is 4.72 Å². The van der Waals surface area contributed by atoms with Gasteiger partial charge in [0.25, 0.3) is 10.0 Å². The molecule has 0 spiro atoms. The molecule has 0 fully saturated rings. The molecule has 23 heavy (non-hydrogen) atoms. The largest absolute Gasteiger partial charge is 0.478 e. The first-order chi connectivity index (χ1) is 10.8. The Hall–Kier alpha value is -2.46. The fourth-order valence-electron chi connectivity index (χ4n) is 1.71. The molecular formula is C13H10FNO6S2. The number of nitrogens with one attached hydrogen (secondary N) is 1. The number of aromatic carboxylic acids is 1. The average molecular weight is 359 g/mol. The number of carbonyl (C=O) groups is 2. The molecule has 0 aliphatic carbocycles. The number of benzene rings is 1. The third-order valence-electron chi connectivity index (χ3n) is 2.74. The molecule has 2 aromatic rings. The van der Waals surface area contributed by atoms with Crippen LogP contribution in [0.25, 0.3) is 0 Å². The van der Waals surface area contributed by atoms with Gasteiger partial charge >= 0.3 is 11.9 Å². The van der Waals surface area contributed by atoms with Crippen molar-refractivity contribution in [2.75, 3.05) is 11.8 Å². The lowest BCUT2D eigenvalue weighted by Crippen LogP contribution is -2.16. The van der Waals surface area contributed by atoms with Crippen LogP contribution in [0.15, 0.2) is 34.5 Å². The minimum absolute atomic E-state index is 0.124. The van der Waals surface area contributed by atoms with Crippen molar-refractivity contribution >= 4 is 39.0 Å². The third-order valence-corrected chi connectivity index (χ3v) is 5.19. The van der Waals surface area contributed by atoms with Gasteiger partial charge in [-0.25, -0.2) is 22.4 Å². The number of halogens is 1. The van der Waals surface area contributed by atoms with Gasteiger partial charge in [0.1, 0.15) is 15.6 Å². The second-order valence-corrected chi connectivity index (χ2v) is 6.78. The van der Waals surface area contributed by atoms with Gasteiger partial charge in [-0.1, -0.05) is 0 Å². The van der Waals surface area contributed by atoms with E-state index in [1.54, 1.807) is 0 Å². The molecule has 122 valence electrons. The first-order valence-corrected chi connectivity index (χ1v) is 8.34. The van der Waals surface area contributed by atoms with E-state index >= 15 is 0 Å². The summed E-state index contributed by atoms with van der Waals surface area (Å²) < 4.78 is 44.6. The molecule has 0 bridgehead atoms. The number of esters is 1. The molecule has 1 heterocycles. The highest BCUT2D eigenvalue weighted by atomic mass is 32.2. The van der Waals surface area contributed by atoms with Gasteiger partial charge in [0, 0.05) is 5.69 Å². The van der Waals surface area contributed by atoms with Crippen molar-refractivity contribution in [1.29, 1.82) is 0 Å². The Bertz CT molecular complexity index is 874. The van der Waals surface area contributed by atoms with E-state index in [-0.39, 0.29) is 15.5 Å². The summed E-state index contributed by atoms with van der Waals surface area (Å²) in [5.74, 6) is -3.34. The van der Waals surface area contributed by atoms with E-state index in [1.807, 2.05) is 0 Å². The Morgan fingerprint density at radius 3 is 2.61 bits per heavy atom. The minimum Gasteiger partial charge on any atom is -0.478 e. The Labute approximate surface area is 134 Å². The summed E-state index contributed by atoms with van der Waals surface area (Å²) in [6.07, 6.45) is 0. The van der Waals surface area contributed by atoms with E-state index in [2.05, 4.69) is 9.46 Å². The van der Waals surface area contributed by atoms with Gasteiger partial charge in [-0.05, 0) is 29.6 Å². The van der Waals surface area contributed by atoms with Crippen molar-refractivity contribution < 1.29 is 32.2 Å². The zero-order chi connectivity index (χ0) is 17.2. The predicted molar refractivity (Wildman–Crippen MR) is 79.8 cm³/mol. The summed E-state index contributed by atoms with van der Waals surface area (Å²) in [6.45, 7) is 0. The molecule has 0 amide bonds. The maximum absolute atomic E-state index is 13.3. The van der Waals surface area contributed by atoms with E-state index in [9.17, 15) is 22.4 Å². The van der Waals surface area contributed by atoms with Gasteiger partial charge in [-0.15, -0.1) is 11.3 Å². The number of carboxylic acid groups (broad SMARTS) is 1. The number of methoxy groups -OCH3 is 1. The number of sulfonamides is 1. The van der Waals surface area contributed by atoms with Crippen molar-refractivity contribution in [1.82, 2.24) is 0 Å². The van der Waals surface area contributed by atoms with Crippen LogP contribution in [0.3, 0.4) is 0 Å². The molecule has 2 N–H and O–H groups in total. The van der Waals surface area contributed by atoms with Crippen LogP contribution in [0.4, 0.5) is 10.1 Å². The van der Waals surface area contributed by atoms with Crippen molar-refractivity contribution in [2.24, 2.45) is 0 Å².